The van der Waals surface area contributed by atoms with E-state index in [0.29, 0.717) is 0 Å². The maximum Gasteiger partial charge on any atom is 0.00505 e. The largest absolute Gasteiger partial charge is 0.319 e. The Morgan fingerprint density at radius 3 is 2.29 bits per heavy atom. The van der Waals surface area contributed by atoms with Crippen LogP contribution in [0.5, 0.6) is 0 Å². The molecule has 1 heterocycles. The zero-order chi connectivity index (χ0) is 12.7. The van der Waals surface area contributed by atoms with Gasteiger partial charge < -0.3 is 10.2 Å². The van der Waals surface area contributed by atoms with E-state index in [4.69, 9.17) is 0 Å². The molecule has 0 aromatic heterocycles. The molecule has 1 saturated carbocycles. The van der Waals surface area contributed by atoms with Crippen molar-refractivity contribution in [3.8, 4) is 0 Å². The standard InChI is InChI=1S/C13H26N2.C2H6.H2/c1-3-8-15-10-13(11-15)6-4-12(5-7-13)9-14-2;1-2;/h12,14H,3-11H2,1-2H3;1-2H3;1H. The molecule has 2 nitrogen and oxygen atoms in total. The quantitative estimate of drug-likeness (QED) is 0.813. The molecule has 0 unspecified atom stereocenters. The third-order valence-electron chi connectivity index (χ3n) is 4.32. The summed E-state index contributed by atoms with van der Waals surface area (Å²) >= 11 is 0. The van der Waals surface area contributed by atoms with Crippen LogP contribution in [0, 0.1) is 11.3 Å². The molecule has 0 bridgehead atoms. The van der Waals surface area contributed by atoms with Gasteiger partial charge in [0, 0.05) is 14.5 Å². The zero-order valence-corrected chi connectivity index (χ0v) is 12.4. The van der Waals surface area contributed by atoms with E-state index >= 15 is 0 Å². The maximum atomic E-state index is 3.32. The van der Waals surface area contributed by atoms with Gasteiger partial charge in [-0.15, -0.1) is 0 Å². The van der Waals surface area contributed by atoms with Crippen molar-refractivity contribution < 1.29 is 1.43 Å². The summed E-state index contributed by atoms with van der Waals surface area (Å²) in [6.45, 7) is 11.6. The molecular formula is C15H34N2. The lowest BCUT2D eigenvalue weighted by Crippen LogP contribution is -2.57. The van der Waals surface area contributed by atoms with Gasteiger partial charge in [-0.3, -0.25) is 0 Å². The highest BCUT2D eigenvalue weighted by Crippen LogP contribution is 2.45. The molecule has 2 fully saturated rings. The van der Waals surface area contributed by atoms with E-state index in [0.717, 1.165) is 11.3 Å². The summed E-state index contributed by atoms with van der Waals surface area (Å²) < 4.78 is 0. The van der Waals surface area contributed by atoms with E-state index in [1.807, 2.05) is 13.8 Å². The van der Waals surface area contributed by atoms with Crippen LogP contribution in [0.15, 0.2) is 0 Å². The average Bonchev–Trinajstić information content (AvgIpc) is 2.33. The minimum absolute atomic E-state index is 0. The Kier molecular flexibility index (Phi) is 6.50. The van der Waals surface area contributed by atoms with Crippen LogP contribution < -0.4 is 5.32 Å². The van der Waals surface area contributed by atoms with Crippen molar-refractivity contribution in [2.24, 2.45) is 11.3 Å². The van der Waals surface area contributed by atoms with Crippen molar-refractivity contribution in [3.05, 3.63) is 0 Å². The monoisotopic (exact) mass is 242 g/mol. The van der Waals surface area contributed by atoms with E-state index in [-0.39, 0.29) is 1.43 Å². The second-order valence-corrected chi connectivity index (χ2v) is 5.71. The van der Waals surface area contributed by atoms with Gasteiger partial charge in [0.1, 0.15) is 0 Å². The SMILES string of the molecule is CC.CCCN1CC2(CCC(CNC)CC2)C1.[HH]. The molecule has 0 aromatic rings. The van der Waals surface area contributed by atoms with Gasteiger partial charge in [0.05, 0.1) is 0 Å². The van der Waals surface area contributed by atoms with E-state index in [9.17, 15) is 0 Å². The van der Waals surface area contributed by atoms with Gasteiger partial charge in [-0.05, 0) is 63.6 Å². The Bertz CT molecular complexity index is 193. The summed E-state index contributed by atoms with van der Waals surface area (Å²) in [6.07, 6.45) is 7.21. The lowest BCUT2D eigenvalue weighted by Gasteiger charge is -2.53. The van der Waals surface area contributed by atoms with Gasteiger partial charge in [0.2, 0.25) is 0 Å². The van der Waals surface area contributed by atoms with Crippen LogP contribution in [0.2, 0.25) is 0 Å². The average molecular weight is 242 g/mol. The molecule has 0 aromatic carbocycles. The summed E-state index contributed by atoms with van der Waals surface area (Å²) in [5.41, 5.74) is 0.749. The fourth-order valence-electron chi connectivity index (χ4n) is 3.48. The molecule has 1 N–H and O–H groups in total. The highest BCUT2D eigenvalue weighted by atomic mass is 15.2. The van der Waals surface area contributed by atoms with Crippen LogP contribution >= 0.6 is 0 Å². The van der Waals surface area contributed by atoms with Crippen LogP contribution in [0.3, 0.4) is 0 Å². The zero-order valence-electron chi connectivity index (χ0n) is 12.4. The smallest absolute Gasteiger partial charge is 0.00505 e. The predicted molar refractivity (Wildman–Crippen MR) is 78.5 cm³/mol. The first-order valence-electron chi connectivity index (χ1n) is 7.65. The topological polar surface area (TPSA) is 15.3 Å². The Labute approximate surface area is 110 Å². The minimum atomic E-state index is 0. The number of nitrogens with zero attached hydrogens (tertiary/aromatic N) is 1. The number of hydrogen-bond acceptors (Lipinski definition) is 2. The predicted octanol–water partition coefficient (Wildman–Crippen LogP) is 3.38. The molecular weight excluding hydrogens is 208 g/mol. The Balaban J connectivity index is 0.000000917. The lowest BCUT2D eigenvalue weighted by molar-refractivity contribution is -0.0372. The van der Waals surface area contributed by atoms with Gasteiger partial charge in [-0.25, -0.2) is 0 Å². The summed E-state index contributed by atoms with van der Waals surface area (Å²) in [4.78, 5) is 2.64. The third kappa shape index (κ3) is 3.96. The Morgan fingerprint density at radius 1 is 1.24 bits per heavy atom. The fourth-order valence-corrected chi connectivity index (χ4v) is 3.48. The first-order valence-corrected chi connectivity index (χ1v) is 7.65. The second-order valence-electron chi connectivity index (χ2n) is 5.71. The van der Waals surface area contributed by atoms with E-state index in [1.54, 1.807) is 0 Å². The van der Waals surface area contributed by atoms with Gasteiger partial charge in [0.25, 0.3) is 0 Å². The molecule has 1 spiro atoms. The first-order chi connectivity index (χ1) is 8.28. The fraction of sp³-hybridized carbons (Fsp3) is 1.00. The van der Waals surface area contributed by atoms with Crippen molar-refractivity contribution in [3.63, 3.8) is 0 Å². The highest BCUT2D eigenvalue weighted by molar-refractivity contribution is 4.97. The van der Waals surface area contributed by atoms with Crippen LogP contribution in [0.1, 0.15) is 54.3 Å². The summed E-state index contributed by atoms with van der Waals surface area (Å²) in [5, 5.41) is 3.32. The minimum Gasteiger partial charge on any atom is -0.319 e. The summed E-state index contributed by atoms with van der Waals surface area (Å²) in [5.74, 6) is 0.959. The molecule has 17 heavy (non-hydrogen) atoms. The Hall–Kier alpha value is -0.0800. The van der Waals surface area contributed by atoms with Crippen molar-refractivity contribution in [2.45, 2.75) is 52.9 Å². The lowest BCUT2D eigenvalue weighted by atomic mass is 9.66. The van der Waals surface area contributed by atoms with E-state index < -0.39 is 0 Å². The van der Waals surface area contributed by atoms with Crippen molar-refractivity contribution >= 4 is 0 Å². The second kappa shape index (κ2) is 7.38. The molecule has 0 atom stereocenters. The molecule has 1 aliphatic heterocycles. The maximum absolute atomic E-state index is 3.32. The Morgan fingerprint density at radius 2 is 1.82 bits per heavy atom. The number of likely N-dealkylation sites (tertiary alicyclic amines) is 1. The molecule has 2 rings (SSSR count). The normalized spacial score (nSPS) is 24.0. The molecule has 1 saturated heterocycles. The molecule has 0 radical (unpaired) electrons. The number of hydrogen-bond donors (Lipinski definition) is 1. The van der Waals surface area contributed by atoms with Crippen LogP contribution in [0.25, 0.3) is 0 Å². The van der Waals surface area contributed by atoms with Crippen molar-refractivity contribution in [2.75, 3.05) is 33.2 Å². The first kappa shape index (κ1) is 15.0. The van der Waals surface area contributed by atoms with Crippen molar-refractivity contribution in [1.82, 2.24) is 10.2 Å². The van der Waals surface area contributed by atoms with Crippen LogP contribution in [0.4, 0.5) is 0 Å². The van der Waals surface area contributed by atoms with E-state index in [1.165, 1.54) is 58.3 Å². The van der Waals surface area contributed by atoms with Crippen LogP contribution in [-0.4, -0.2) is 38.1 Å². The van der Waals surface area contributed by atoms with Crippen LogP contribution in [-0.2, 0) is 0 Å². The molecule has 2 heteroatoms. The van der Waals surface area contributed by atoms with Crippen molar-refractivity contribution in [1.29, 1.82) is 0 Å². The third-order valence-corrected chi connectivity index (χ3v) is 4.32. The molecule has 1 aliphatic carbocycles. The molecule has 0 amide bonds. The van der Waals surface area contributed by atoms with Gasteiger partial charge in [-0.2, -0.15) is 0 Å². The van der Waals surface area contributed by atoms with Gasteiger partial charge in [0.15, 0.2) is 0 Å². The highest BCUT2D eigenvalue weighted by Gasteiger charge is 2.44. The number of nitrogens with one attached hydrogen (secondary N) is 1. The van der Waals surface area contributed by atoms with Gasteiger partial charge >= 0.3 is 0 Å². The summed E-state index contributed by atoms with van der Waals surface area (Å²) in [7, 11) is 2.08. The number of rotatable bonds is 4. The van der Waals surface area contributed by atoms with Gasteiger partial charge in [-0.1, -0.05) is 20.8 Å². The van der Waals surface area contributed by atoms with E-state index in [2.05, 4.69) is 24.2 Å². The molecule has 2 aliphatic rings. The summed E-state index contributed by atoms with van der Waals surface area (Å²) in [6, 6.07) is 0. The molecule has 104 valence electrons.